The van der Waals surface area contributed by atoms with Crippen LogP contribution in [0, 0.1) is 0 Å². The highest BCUT2D eigenvalue weighted by atomic mass is 16.3. The van der Waals surface area contributed by atoms with Gasteiger partial charge >= 0.3 is 0 Å². The van der Waals surface area contributed by atoms with E-state index in [0.717, 1.165) is 22.6 Å². The summed E-state index contributed by atoms with van der Waals surface area (Å²) in [7, 11) is 0. The summed E-state index contributed by atoms with van der Waals surface area (Å²) in [5.74, 6) is 0.151. The van der Waals surface area contributed by atoms with Gasteiger partial charge < -0.3 is 5.11 Å². The maximum Gasteiger partial charge on any atom is 0.141 e. The topological polar surface area (TPSA) is 50.4 Å². The fraction of sp³-hybridized carbons (Fsp3) is 0. The lowest BCUT2D eigenvalue weighted by Gasteiger charge is -2.04. The SMILES string of the molecule is Oc1ccccc1N=Cc1cc(-c2ccccc2)nn1-c1ccccc1. The maximum absolute atomic E-state index is 9.92. The molecule has 0 radical (unpaired) electrons. The van der Waals surface area contributed by atoms with Gasteiger partial charge in [0.2, 0.25) is 0 Å². The molecule has 0 aliphatic carbocycles. The summed E-state index contributed by atoms with van der Waals surface area (Å²) in [6, 6.07) is 29.0. The molecule has 0 atom stereocenters. The van der Waals surface area contributed by atoms with E-state index in [1.165, 1.54) is 0 Å². The zero-order valence-electron chi connectivity index (χ0n) is 14.0. The Morgan fingerprint density at radius 2 is 1.46 bits per heavy atom. The first-order chi connectivity index (χ1) is 12.8. The van der Waals surface area contributed by atoms with Crippen LogP contribution in [-0.2, 0) is 0 Å². The van der Waals surface area contributed by atoms with Crippen molar-refractivity contribution in [1.82, 2.24) is 9.78 Å². The first-order valence-corrected chi connectivity index (χ1v) is 8.34. The van der Waals surface area contributed by atoms with Crippen LogP contribution in [0.4, 0.5) is 5.69 Å². The van der Waals surface area contributed by atoms with E-state index < -0.39 is 0 Å². The summed E-state index contributed by atoms with van der Waals surface area (Å²) >= 11 is 0. The molecular weight excluding hydrogens is 322 g/mol. The van der Waals surface area contributed by atoms with Crippen LogP contribution in [0.25, 0.3) is 16.9 Å². The van der Waals surface area contributed by atoms with Crippen LogP contribution in [0.15, 0.2) is 96.0 Å². The van der Waals surface area contributed by atoms with E-state index in [1.807, 2.05) is 77.5 Å². The van der Waals surface area contributed by atoms with Gasteiger partial charge in [0.1, 0.15) is 11.4 Å². The molecule has 0 spiro atoms. The molecule has 1 aromatic heterocycles. The maximum atomic E-state index is 9.92. The van der Waals surface area contributed by atoms with Crippen LogP contribution < -0.4 is 0 Å². The summed E-state index contributed by atoms with van der Waals surface area (Å²) < 4.78 is 1.85. The Hall–Kier alpha value is -3.66. The van der Waals surface area contributed by atoms with Crippen molar-refractivity contribution in [3.05, 3.63) is 96.7 Å². The van der Waals surface area contributed by atoms with Crippen LogP contribution in [0.2, 0.25) is 0 Å². The molecule has 3 aromatic carbocycles. The van der Waals surface area contributed by atoms with Crippen molar-refractivity contribution < 1.29 is 5.11 Å². The number of aromatic nitrogens is 2. The van der Waals surface area contributed by atoms with Crippen LogP contribution in [0.3, 0.4) is 0 Å². The zero-order valence-corrected chi connectivity index (χ0v) is 14.0. The van der Waals surface area contributed by atoms with Gasteiger partial charge in [0, 0.05) is 5.56 Å². The number of hydrogen-bond donors (Lipinski definition) is 1. The molecule has 1 heterocycles. The normalized spacial score (nSPS) is 11.1. The second-order valence-corrected chi connectivity index (χ2v) is 5.81. The number of aromatic hydroxyl groups is 1. The number of phenols is 1. The van der Waals surface area contributed by atoms with Crippen LogP contribution in [-0.4, -0.2) is 21.1 Å². The summed E-state index contributed by atoms with van der Waals surface area (Å²) in [6.07, 6.45) is 1.72. The van der Waals surface area contributed by atoms with Crippen molar-refractivity contribution in [2.75, 3.05) is 0 Å². The lowest BCUT2D eigenvalue weighted by atomic mass is 10.1. The average Bonchev–Trinajstić information content (AvgIpc) is 3.13. The minimum atomic E-state index is 0.151. The van der Waals surface area contributed by atoms with Gasteiger partial charge in [-0.15, -0.1) is 0 Å². The average molecular weight is 339 g/mol. The van der Waals surface area contributed by atoms with Gasteiger partial charge in [-0.2, -0.15) is 5.10 Å². The summed E-state index contributed by atoms with van der Waals surface area (Å²) in [5.41, 5.74) is 4.22. The second kappa shape index (κ2) is 7.07. The smallest absolute Gasteiger partial charge is 0.141 e. The van der Waals surface area contributed by atoms with Gasteiger partial charge in [-0.05, 0) is 30.3 Å². The third-order valence-corrected chi connectivity index (χ3v) is 4.02. The van der Waals surface area contributed by atoms with Crippen molar-refractivity contribution in [2.45, 2.75) is 0 Å². The van der Waals surface area contributed by atoms with Crippen molar-refractivity contribution in [2.24, 2.45) is 4.99 Å². The number of nitrogens with zero attached hydrogens (tertiary/aromatic N) is 3. The van der Waals surface area contributed by atoms with Gasteiger partial charge in [0.15, 0.2) is 0 Å². The molecule has 0 fully saturated rings. The van der Waals surface area contributed by atoms with Gasteiger partial charge in [-0.3, -0.25) is 4.99 Å². The lowest BCUT2D eigenvalue weighted by Crippen LogP contribution is -2.01. The fourth-order valence-electron chi connectivity index (χ4n) is 2.72. The Labute approximate surface area is 151 Å². The predicted octanol–water partition coefficient (Wildman–Crippen LogP) is 5.00. The Kier molecular flexibility index (Phi) is 4.31. The van der Waals surface area contributed by atoms with E-state index in [1.54, 1.807) is 24.4 Å². The molecule has 4 aromatic rings. The number of rotatable bonds is 4. The molecule has 0 amide bonds. The predicted molar refractivity (Wildman–Crippen MR) is 104 cm³/mol. The molecule has 4 nitrogen and oxygen atoms in total. The molecule has 0 saturated carbocycles. The Balaban J connectivity index is 1.80. The van der Waals surface area contributed by atoms with Gasteiger partial charge in [0.25, 0.3) is 0 Å². The summed E-state index contributed by atoms with van der Waals surface area (Å²) in [5, 5.41) is 14.7. The lowest BCUT2D eigenvalue weighted by molar-refractivity contribution is 0.477. The van der Waals surface area contributed by atoms with Crippen LogP contribution >= 0.6 is 0 Å². The zero-order chi connectivity index (χ0) is 17.8. The molecule has 0 aliphatic heterocycles. The molecule has 26 heavy (non-hydrogen) atoms. The molecular formula is C22H17N3O. The molecule has 0 bridgehead atoms. The van der Waals surface area contributed by atoms with E-state index in [-0.39, 0.29) is 5.75 Å². The molecule has 1 N–H and O–H groups in total. The second-order valence-electron chi connectivity index (χ2n) is 5.81. The molecule has 0 saturated heterocycles. The minimum Gasteiger partial charge on any atom is -0.506 e. The number of benzene rings is 3. The van der Waals surface area contributed by atoms with Gasteiger partial charge in [-0.25, -0.2) is 4.68 Å². The standard InChI is InChI=1S/C22H17N3O/c26-22-14-8-7-13-20(22)23-16-19-15-21(17-9-3-1-4-10-17)24-25(19)18-11-5-2-6-12-18/h1-16,26H. The number of hydrogen-bond acceptors (Lipinski definition) is 3. The molecule has 126 valence electrons. The Bertz CT molecular complexity index is 1040. The summed E-state index contributed by atoms with van der Waals surface area (Å²) in [4.78, 5) is 4.43. The van der Waals surface area contributed by atoms with E-state index in [0.29, 0.717) is 5.69 Å². The quantitative estimate of drug-likeness (QED) is 0.532. The fourth-order valence-corrected chi connectivity index (χ4v) is 2.72. The Morgan fingerprint density at radius 3 is 2.19 bits per heavy atom. The largest absolute Gasteiger partial charge is 0.506 e. The highest BCUT2D eigenvalue weighted by molar-refractivity contribution is 5.83. The number of para-hydroxylation sites is 3. The third-order valence-electron chi connectivity index (χ3n) is 4.02. The number of phenolic OH excluding ortho intramolecular Hbond substituents is 1. The molecule has 0 aliphatic rings. The van der Waals surface area contributed by atoms with Crippen molar-refractivity contribution in [3.8, 4) is 22.7 Å². The Morgan fingerprint density at radius 1 is 0.808 bits per heavy atom. The van der Waals surface area contributed by atoms with E-state index in [2.05, 4.69) is 4.99 Å². The van der Waals surface area contributed by atoms with E-state index in [9.17, 15) is 5.11 Å². The first-order valence-electron chi connectivity index (χ1n) is 8.34. The van der Waals surface area contributed by atoms with Crippen molar-refractivity contribution >= 4 is 11.9 Å². The van der Waals surface area contributed by atoms with E-state index in [4.69, 9.17) is 5.10 Å². The molecule has 0 unspecified atom stereocenters. The minimum absolute atomic E-state index is 0.151. The van der Waals surface area contributed by atoms with Crippen molar-refractivity contribution in [3.63, 3.8) is 0 Å². The highest BCUT2D eigenvalue weighted by Gasteiger charge is 2.10. The molecule has 4 rings (SSSR count). The first kappa shape index (κ1) is 15.8. The third kappa shape index (κ3) is 3.26. The van der Waals surface area contributed by atoms with Crippen LogP contribution in [0.1, 0.15) is 5.69 Å². The van der Waals surface area contributed by atoms with Crippen molar-refractivity contribution in [1.29, 1.82) is 0 Å². The van der Waals surface area contributed by atoms with Crippen LogP contribution in [0.5, 0.6) is 5.75 Å². The molecule has 4 heteroatoms. The van der Waals surface area contributed by atoms with Gasteiger partial charge in [0.05, 0.1) is 23.3 Å². The van der Waals surface area contributed by atoms with Gasteiger partial charge in [-0.1, -0.05) is 60.7 Å². The van der Waals surface area contributed by atoms with E-state index >= 15 is 0 Å². The highest BCUT2D eigenvalue weighted by Crippen LogP contribution is 2.26. The monoisotopic (exact) mass is 339 g/mol. The summed E-state index contributed by atoms with van der Waals surface area (Å²) in [6.45, 7) is 0. The number of aliphatic imine (C=N–C) groups is 1.